The Kier molecular flexibility index (Phi) is 7.90. The molecule has 1 N–H and O–H groups in total. The second-order valence-corrected chi connectivity index (χ2v) is 7.45. The molecule has 8 heteroatoms. The van der Waals surface area contributed by atoms with E-state index in [9.17, 15) is 4.79 Å². The molecule has 0 bridgehead atoms. The Balaban J connectivity index is 1.49. The number of carbonyl (C=O) groups excluding carboxylic acids is 1. The van der Waals surface area contributed by atoms with Crippen LogP contribution in [0.1, 0.15) is 18.1 Å². The van der Waals surface area contributed by atoms with E-state index in [0.717, 1.165) is 30.2 Å². The highest BCUT2D eigenvalue weighted by Crippen LogP contribution is 2.13. The molecule has 1 aromatic heterocycles. The number of nitrogens with zero attached hydrogens (tertiary/aromatic N) is 4. The fourth-order valence-corrected chi connectivity index (χ4v) is 3.61. The zero-order valence-corrected chi connectivity index (χ0v) is 18.2. The highest BCUT2D eigenvalue weighted by molar-refractivity contribution is 6.30. The lowest BCUT2D eigenvalue weighted by atomic mass is 10.1. The molecule has 160 valence electrons. The maximum absolute atomic E-state index is 12.6. The van der Waals surface area contributed by atoms with Crippen molar-refractivity contribution in [1.82, 2.24) is 20.1 Å². The van der Waals surface area contributed by atoms with Gasteiger partial charge in [-0.1, -0.05) is 23.7 Å². The van der Waals surface area contributed by atoms with Crippen LogP contribution in [0.5, 0.6) is 5.88 Å². The molecule has 0 aliphatic carbocycles. The molecule has 2 heterocycles. The summed E-state index contributed by atoms with van der Waals surface area (Å²) in [5.41, 5.74) is 2.01. The molecule has 0 saturated carbocycles. The number of pyridine rings is 1. The third-order valence-electron chi connectivity index (χ3n) is 4.93. The molecule has 1 saturated heterocycles. The van der Waals surface area contributed by atoms with Crippen LogP contribution < -0.4 is 10.1 Å². The molecule has 0 radical (unpaired) electrons. The third kappa shape index (κ3) is 6.10. The molecule has 1 aliphatic rings. The predicted molar refractivity (Wildman–Crippen MR) is 119 cm³/mol. The zero-order chi connectivity index (χ0) is 21.3. The molecule has 0 spiro atoms. The molecule has 30 heavy (non-hydrogen) atoms. The maximum Gasteiger partial charge on any atom is 0.227 e. The molecular weight excluding hydrogens is 402 g/mol. The largest absolute Gasteiger partial charge is 0.478 e. The quantitative estimate of drug-likeness (QED) is 0.564. The Morgan fingerprint density at radius 2 is 1.93 bits per heavy atom. The second kappa shape index (κ2) is 10.8. The molecule has 1 fully saturated rings. The number of halogens is 1. The number of amides is 1. The highest BCUT2D eigenvalue weighted by atomic mass is 35.5. The lowest BCUT2D eigenvalue weighted by Crippen LogP contribution is -2.53. The number of ether oxygens (including phenoxy) is 1. The normalized spacial score (nSPS) is 14.6. The molecule has 1 aromatic carbocycles. The number of aliphatic imine (C=N–C) groups is 1. The van der Waals surface area contributed by atoms with Crippen LogP contribution in [0.15, 0.2) is 47.6 Å². The first-order chi connectivity index (χ1) is 14.6. The minimum absolute atomic E-state index is 0.125. The molecular formula is C22H28ClN5O2. The van der Waals surface area contributed by atoms with Gasteiger partial charge in [0.15, 0.2) is 5.96 Å². The van der Waals surface area contributed by atoms with E-state index in [0.29, 0.717) is 43.6 Å². The second-order valence-electron chi connectivity index (χ2n) is 7.01. The number of rotatable bonds is 6. The van der Waals surface area contributed by atoms with Gasteiger partial charge in [0, 0.05) is 57.1 Å². The zero-order valence-electron chi connectivity index (χ0n) is 17.5. The highest BCUT2D eigenvalue weighted by Gasteiger charge is 2.23. The van der Waals surface area contributed by atoms with Crippen LogP contribution in [0.2, 0.25) is 5.02 Å². The SMILES string of the molecule is CCOc1cc(CNC(=NC)N2CCN(C(=O)Cc3cccc(Cl)c3)CC2)ccn1. The summed E-state index contributed by atoms with van der Waals surface area (Å²) in [6, 6.07) is 11.3. The first kappa shape index (κ1) is 21.9. The van der Waals surface area contributed by atoms with Crippen molar-refractivity contribution in [3.8, 4) is 5.88 Å². The van der Waals surface area contributed by atoms with Crippen LogP contribution in [0.4, 0.5) is 0 Å². The van der Waals surface area contributed by atoms with Crippen LogP contribution in [-0.4, -0.2) is 66.5 Å². The number of hydrogen-bond acceptors (Lipinski definition) is 4. The van der Waals surface area contributed by atoms with Crippen molar-refractivity contribution in [2.24, 2.45) is 4.99 Å². The van der Waals surface area contributed by atoms with Gasteiger partial charge < -0.3 is 19.9 Å². The minimum Gasteiger partial charge on any atom is -0.478 e. The van der Waals surface area contributed by atoms with Crippen LogP contribution >= 0.6 is 11.6 Å². The number of benzene rings is 1. The van der Waals surface area contributed by atoms with Gasteiger partial charge in [0.05, 0.1) is 13.0 Å². The molecule has 1 amide bonds. The van der Waals surface area contributed by atoms with Crippen LogP contribution in [0.25, 0.3) is 0 Å². The molecule has 0 atom stereocenters. The topological polar surface area (TPSA) is 70.1 Å². The van der Waals surface area contributed by atoms with E-state index in [1.807, 2.05) is 48.2 Å². The van der Waals surface area contributed by atoms with Crippen molar-refractivity contribution >= 4 is 23.5 Å². The van der Waals surface area contributed by atoms with Crippen LogP contribution in [0, 0.1) is 0 Å². The number of carbonyl (C=O) groups is 1. The standard InChI is InChI=1S/C22H28ClN5O2/c1-3-30-20-14-18(7-8-25-20)16-26-22(24-2)28-11-9-27(10-12-28)21(29)15-17-5-4-6-19(23)13-17/h4-8,13-14H,3,9-12,15-16H2,1-2H3,(H,24,26). The van der Waals surface area contributed by atoms with Gasteiger partial charge in [0.1, 0.15) is 0 Å². The van der Waals surface area contributed by atoms with E-state index in [2.05, 4.69) is 20.2 Å². The molecule has 3 rings (SSSR count). The van der Waals surface area contributed by atoms with E-state index >= 15 is 0 Å². The summed E-state index contributed by atoms with van der Waals surface area (Å²) >= 11 is 6.02. The molecule has 2 aromatic rings. The Morgan fingerprint density at radius 3 is 2.63 bits per heavy atom. The first-order valence-corrected chi connectivity index (χ1v) is 10.5. The Hall–Kier alpha value is -2.80. The van der Waals surface area contributed by atoms with Gasteiger partial charge in [-0.2, -0.15) is 0 Å². The summed E-state index contributed by atoms with van der Waals surface area (Å²) in [7, 11) is 1.77. The Bertz CT molecular complexity index is 881. The Morgan fingerprint density at radius 1 is 1.17 bits per heavy atom. The van der Waals surface area contributed by atoms with Crippen molar-refractivity contribution in [2.45, 2.75) is 19.9 Å². The summed E-state index contributed by atoms with van der Waals surface area (Å²) in [5.74, 6) is 1.57. The lowest BCUT2D eigenvalue weighted by molar-refractivity contribution is -0.131. The predicted octanol–water partition coefficient (Wildman–Crippen LogP) is 2.60. The van der Waals surface area contributed by atoms with Gasteiger partial charge in [0.25, 0.3) is 0 Å². The summed E-state index contributed by atoms with van der Waals surface area (Å²) in [6.07, 6.45) is 2.12. The fourth-order valence-electron chi connectivity index (χ4n) is 3.40. The van der Waals surface area contributed by atoms with Gasteiger partial charge in [-0.05, 0) is 36.2 Å². The third-order valence-corrected chi connectivity index (χ3v) is 5.17. The van der Waals surface area contributed by atoms with E-state index in [1.54, 1.807) is 13.2 Å². The van der Waals surface area contributed by atoms with Crippen molar-refractivity contribution in [3.05, 3.63) is 58.7 Å². The number of aromatic nitrogens is 1. The number of nitrogens with one attached hydrogen (secondary N) is 1. The monoisotopic (exact) mass is 429 g/mol. The minimum atomic E-state index is 0.125. The van der Waals surface area contributed by atoms with Gasteiger partial charge in [0.2, 0.25) is 11.8 Å². The first-order valence-electron chi connectivity index (χ1n) is 10.1. The summed E-state index contributed by atoms with van der Waals surface area (Å²) in [6.45, 7) is 5.97. The smallest absolute Gasteiger partial charge is 0.227 e. The van der Waals surface area contributed by atoms with Gasteiger partial charge in [-0.15, -0.1) is 0 Å². The molecule has 0 unspecified atom stereocenters. The van der Waals surface area contributed by atoms with Gasteiger partial charge >= 0.3 is 0 Å². The van der Waals surface area contributed by atoms with E-state index in [4.69, 9.17) is 16.3 Å². The van der Waals surface area contributed by atoms with Crippen molar-refractivity contribution in [3.63, 3.8) is 0 Å². The van der Waals surface area contributed by atoms with Crippen LogP contribution in [0.3, 0.4) is 0 Å². The van der Waals surface area contributed by atoms with Crippen LogP contribution in [-0.2, 0) is 17.8 Å². The summed E-state index contributed by atoms with van der Waals surface area (Å²) in [4.78, 5) is 25.3. The lowest BCUT2D eigenvalue weighted by Gasteiger charge is -2.36. The van der Waals surface area contributed by atoms with Gasteiger partial charge in [-0.25, -0.2) is 4.98 Å². The fraction of sp³-hybridized carbons (Fsp3) is 0.409. The van der Waals surface area contributed by atoms with E-state index in [-0.39, 0.29) is 5.91 Å². The number of piperazine rings is 1. The van der Waals surface area contributed by atoms with Crippen molar-refractivity contribution < 1.29 is 9.53 Å². The average molecular weight is 430 g/mol. The number of guanidine groups is 1. The van der Waals surface area contributed by atoms with E-state index < -0.39 is 0 Å². The van der Waals surface area contributed by atoms with Gasteiger partial charge in [-0.3, -0.25) is 9.79 Å². The summed E-state index contributed by atoms with van der Waals surface area (Å²) in [5, 5.41) is 4.04. The molecule has 1 aliphatic heterocycles. The van der Waals surface area contributed by atoms with Crippen molar-refractivity contribution in [2.75, 3.05) is 39.8 Å². The maximum atomic E-state index is 12.6. The van der Waals surface area contributed by atoms with Crippen molar-refractivity contribution in [1.29, 1.82) is 0 Å². The Labute approximate surface area is 182 Å². The summed E-state index contributed by atoms with van der Waals surface area (Å²) < 4.78 is 5.45. The number of hydrogen-bond donors (Lipinski definition) is 1. The average Bonchev–Trinajstić information content (AvgIpc) is 2.75. The molecule has 7 nitrogen and oxygen atoms in total. The van der Waals surface area contributed by atoms with E-state index in [1.165, 1.54) is 0 Å².